The van der Waals surface area contributed by atoms with Crippen LogP contribution < -0.4 is 10.1 Å². The van der Waals surface area contributed by atoms with Gasteiger partial charge in [-0.25, -0.2) is 0 Å². The molecule has 6 heteroatoms. The third kappa shape index (κ3) is 4.11. The highest BCUT2D eigenvalue weighted by Gasteiger charge is 2.17. The fourth-order valence-corrected chi connectivity index (χ4v) is 2.79. The molecule has 1 aromatic rings. The van der Waals surface area contributed by atoms with Crippen molar-refractivity contribution in [1.29, 1.82) is 0 Å². The summed E-state index contributed by atoms with van der Waals surface area (Å²) >= 11 is 0. The van der Waals surface area contributed by atoms with Gasteiger partial charge in [0.15, 0.2) is 5.75 Å². The van der Waals surface area contributed by atoms with Gasteiger partial charge in [-0.05, 0) is 44.7 Å². The molecule has 2 aliphatic heterocycles. The maximum absolute atomic E-state index is 5.86. The zero-order valence-electron chi connectivity index (χ0n) is 11.8. The molecule has 0 radical (unpaired) electrons. The highest BCUT2D eigenvalue weighted by Crippen LogP contribution is 2.22. The van der Waals surface area contributed by atoms with E-state index in [-0.39, 0.29) is 12.4 Å². The highest BCUT2D eigenvalue weighted by molar-refractivity contribution is 5.85. The van der Waals surface area contributed by atoms with Crippen LogP contribution in [-0.2, 0) is 4.74 Å². The first kappa shape index (κ1) is 15.6. The average molecular weight is 302 g/mol. The second-order valence-corrected chi connectivity index (χ2v) is 5.50. The van der Waals surface area contributed by atoms with E-state index in [1.165, 1.54) is 0 Å². The van der Waals surface area contributed by atoms with E-state index < -0.39 is 0 Å². The number of hydrogen-bond acceptors (Lipinski definition) is 4. The van der Waals surface area contributed by atoms with Crippen molar-refractivity contribution >= 4 is 12.4 Å². The standard InChI is InChI=1S/C14H23N3O2.ClH/c1-5-15-6-2-13(1)17-10-14(9-16-17)19-11-12-3-7-18-8-4-12;/h9-10,12-13,15H,1-8,11H2;1H. The first-order valence-electron chi connectivity index (χ1n) is 7.37. The Morgan fingerprint density at radius 1 is 1.25 bits per heavy atom. The third-order valence-corrected chi connectivity index (χ3v) is 4.09. The van der Waals surface area contributed by atoms with Gasteiger partial charge in [0, 0.05) is 13.2 Å². The Bertz CT molecular complexity index is 388. The zero-order valence-corrected chi connectivity index (χ0v) is 12.6. The lowest BCUT2D eigenvalue weighted by Gasteiger charge is -2.23. The van der Waals surface area contributed by atoms with Crippen LogP contribution in [0.2, 0.25) is 0 Å². The van der Waals surface area contributed by atoms with Crippen molar-refractivity contribution in [2.45, 2.75) is 31.7 Å². The summed E-state index contributed by atoms with van der Waals surface area (Å²) < 4.78 is 13.3. The minimum Gasteiger partial charge on any atom is -0.490 e. The monoisotopic (exact) mass is 301 g/mol. The van der Waals surface area contributed by atoms with Gasteiger partial charge in [-0.2, -0.15) is 5.10 Å². The van der Waals surface area contributed by atoms with E-state index in [0.717, 1.165) is 64.3 Å². The molecule has 0 saturated carbocycles. The van der Waals surface area contributed by atoms with Gasteiger partial charge in [0.1, 0.15) is 0 Å². The molecule has 114 valence electrons. The molecular weight excluding hydrogens is 278 g/mol. The predicted molar refractivity (Wildman–Crippen MR) is 79.7 cm³/mol. The largest absolute Gasteiger partial charge is 0.490 e. The number of aromatic nitrogens is 2. The Hall–Kier alpha value is -0.780. The number of piperidine rings is 1. The summed E-state index contributed by atoms with van der Waals surface area (Å²) in [5.74, 6) is 1.54. The Kier molecular flexibility index (Phi) is 6.13. The van der Waals surface area contributed by atoms with Gasteiger partial charge in [0.2, 0.25) is 0 Å². The van der Waals surface area contributed by atoms with Gasteiger partial charge < -0.3 is 14.8 Å². The minimum atomic E-state index is 0. The molecule has 2 fully saturated rings. The van der Waals surface area contributed by atoms with Crippen LogP contribution in [0.4, 0.5) is 0 Å². The van der Waals surface area contributed by atoms with Gasteiger partial charge in [-0.3, -0.25) is 4.68 Å². The van der Waals surface area contributed by atoms with Crippen molar-refractivity contribution in [2.75, 3.05) is 32.9 Å². The van der Waals surface area contributed by atoms with Crippen molar-refractivity contribution in [3.8, 4) is 5.75 Å². The van der Waals surface area contributed by atoms with Crippen LogP contribution in [0, 0.1) is 5.92 Å². The van der Waals surface area contributed by atoms with Gasteiger partial charge in [-0.15, -0.1) is 12.4 Å². The molecule has 1 N–H and O–H groups in total. The van der Waals surface area contributed by atoms with Crippen molar-refractivity contribution in [3.05, 3.63) is 12.4 Å². The van der Waals surface area contributed by atoms with E-state index in [1.54, 1.807) is 0 Å². The summed E-state index contributed by atoms with van der Waals surface area (Å²) in [6, 6.07) is 0.529. The van der Waals surface area contributed by atoms with E-state index in [0.29, 0.717) is 12.0 Å². The molecule has 0 amide bonds. The van der Waals surface area contributed by atoms with Crippen molar-refractivity contribution in [1.82, 2.24) is 15.1 Å². The van der Waals surface area contributed by atoms with Gasteiger partial charge in [-0.1, -0.05) is 0 Å². The summed E-state index contributed by atoms with van der Waals surface area (Å²) in [5, 5.41) is 7.82. The summed E-state index contributed by atoms with van der Waals surface area (Å²) in [6.07, 6.45) is 8.43. The third-order valence-electron chi connectivity index (χ3n) is 4.09. The zero-order chi connectivity index (χ0) is 12.9. The molecular formula is C14H24ClN3O2. The molecule has 0 spiro atoms. The number of ether oxygens (including phenoxy) is 2. The molecule has 0 aliphatic carbocycles. The van der Waals surface area contributed by atoms with Crippen LogP contribution in [0.3, 0.4) is 0 Å². The van der Waals surface area contributed by atoms with E-state index in [4.69, 9.17) is 9.47 Å². The number of nitrogens with one attached hydrogen (secondary N) is 1. The number of nitrogens with zero attached hydrogens (tertiary/aromatic N) is 2. The van der Waals surface area contributed by atoms with Gasteiger partial charge in [0.05, 0.1) is 25.0 Å². The Balaban J connectivity index is 0.00000147. The lowest BCUT2D eigenvalue weighted by molar-refractivity contribution is 0.0497. The summed E-state index contributed by atoms with van der Waals surface area (Å²) in [4.78, 5) is 0. The minimum absolute atomic E-state index is 0. The first-order valence-corrected chi connectivity index (χ1v) is 7.37. The van der Waals surface area contributed by atoms with Crippen molar-refractivity contribution in [2.24, 2.45) is 5.92 Å². The number of hydrogen-bond donors (Lipinski definition) is 1. The maximum atomic E-state index is 5.86. The van der Waals surface area contributed by atoms with Crippen molar-refractivity contribution < 1.29 is 9.47 Å². The highest BCUT2D eigenvalue weighted by atomic mass is 35.5. The van der Waals surface area contributed by atoms with Crippen LogP contribution in [0.1, 0.15) is 31.7 Å². The molecule has 3 heterocycles. The quantitative estimate of drug-likeness (QED) is 0.924. The lowest BCUT2D eigenvalue weighted by Crippen LogP contribution is -2.29. The Morgan fingerprint density at radius 2 is 2.00 bits per heavy atom. The van der Waals surface area contributed by atoms with Crippen LogP contribution in [0.15, 0.2) is 12.4 Å². The van der Waals surface area contributed by atoms with Crippen molar-refractivity contribution in [3.63, 3.8) is 0 Å². The Labute approximate surface area is 126 Å². The van der Waals surface area contributed by atoms with Gasteiger partial charge in [0.25, 0.3) is 0 Å². The lowest BCUT2D eigenvalue weighted by atomic mass is 10.0. The second-order valence-electron chi connectivity index (χ2n) is 5.50. The summed E-state index contributed by atoms with van der Waals surface area (Å²) in [7, 11) is 0. The van der Waals surface area contributed by atoms with E-state index >= 15 is 0 Å². The molecule has 0 atom stereocenters. The normalized spacial score (nSPS) is 21.4. The van der Waals surface area contributed by atoms with Crippen LogP contribution in [0.25, 0.3) is 0 Å². The van der Waals surface area contributed by atoms with Crippen LogP contribution in [0.5, 0.6) is 5.75 Å². The molecule has 2 saturated heterocycles. The SMILES string of the molecule is Cl.c1nn(C2CCNCC2)cc1OCC1CCOCC1. The molecule has 0 unspecified atom stereocenters. The summed E-state index contributed by atoms with van der Waals surface area (Å²) in [5.41, 5.74) is 0. The van der Waals surface area contributed by atoms with Crippen LogP contribution >= 0.6 is 12.4 Å². The molecule has 0 aromatic carbocycles. The number of halogens is 1. The molecule has 20 heavy (non-hydrogen) atoms. The van der Waals surface area contributed by atoms with E-state index in [2.05, 4.69) is 21.3 Å². The fourth-order valence-electron chi connectivity index (χ4n) is 2.79. The molecule has 2 aliphatic rings. The Morgan fingerprint density at radius 3 is 2.75 bits per heavy atom. The molecule has 3 rings (SSSR count). The molecule has 0 bridgehead atoms. The van der Waals surface area contributed by atoms with E-state index in [9.17, 15) is 0 Å². The first-order chi connectivity index (χ1) is 9.42. The summed E-state index contributed by atoms with van der Waals surface area (Å²) in [6.45, 7) is 4.72. The predicted octanol–water partition coefficient (Wildman–Crippen LogP) is 2.03. The van der Waals surface area contributed by atoms with Gasteiger partial charge >= 0.3 is 0 Å². The number of rotatable bonds is 4. The topological polar surface area (TPSA) is 48.3 Å². The molecule has 1 aromatic heterocycles. The second kappa shape index (κ2) is 7.86. The smallest absolute Gasteiger partial charge is 0.157 e. The maximum Gasteiger partial charge on any atom is 0.157 e. The van der Waals surface area contributed by atoms with Crippen LogP contribution in [-0.4, -0.2) is 42.7 Å². The average Bonchev–Trinajstić information content (AvgIpc) is 2.96. The van der Waals surface area contributed by atoms with E-state index in [1.807, 2.05) is 6.20 Å². The molecule has 5 nitrogen and oxygen atoms in total. The fraction of sp³-hybridized carbons (Fsp3) is 0.786.